The molecule has 0 aromatic heterocycles. The van der Waals surface area contributed by atoms with Gasteiger partial charge in [0, 0.05) is 18.0 Å². The van der Waals surface area contributed by atoms with Crippen molar-refractivity contribution in [2.45, 2.75) is 0 Å². The van der Waals surface area contributed by atoms with E-state index in [1.54, 1.807) is 24.3 Å². The van der Waals surface area contributed by atoms with Gasteiger partial charge in [-0.15, -0.1) is 0 Å². The van der Waals surface area contributed by atoms with Crippen molar-refractivity contribution in [3.05, 3.63) is 47.8 Å². The number of fused-ring (bicyclic) bond motifs is 1. The van der Waals surface area contributed by atoms with Crippen molar-refractivity contribution >= 4 is 16.7 Å². The Hall–Kier alpha value is -1.94. The van der Waals surface area contributed by atoms with E-state index in [1.807, 2.05) is 0 Å². The summed E-state index contributed by atoms with van der Waals surface area (Å²) in [6.07, 6.45) is 0. The molecule has 0 aliphatic heterocycles. The van der Waals surface area contributed by atoms with Crippen molar-refractivity contribution in [1.82, 2.24) is 5.06 Å². The zero-order valence-electron chi connectivity index (χ0n) is 9.61. The van der Waals surface area contributed by atoms with Crippen molar-refractivity contribution in [2.24, 2.45) is 0 Å². The number of carbonyl (C=O) groups is 1. The normalized spacial score (nSPS) is 10.5. The molecule has 0 spiro atoms. The van der Waals surface area contributed by atoms with Crippen molar-refractivity contribution < 1.29 is 14.0 Å². The van der Waals surface area contributed by atoms with E-state index >= 15 is 0 Å². The molecule has 0 saturated carbocycles. The molecule has 0 aliphatic rings. The van der Waals surface area contributed by atoms with E-state index in [-0.39, 0.29) is 11.7 Å². The molecule has 0 radical (unpaired) electrons. The second-order valence-electron chi connectivity index (χ2n) is 3.63. The molecule has 4 heteroatoms. The first kappa shape index (κ1) is 11.5. The lowest BCUT2D eigenvalue weighted by molar-refractivity contribution is -0.0755. The van der Waals surface area contributed by atoms with Crippen LogP contribution in [0.15, 0.2) is 36.4 Å². The minimum absolute atomic E-state index is 0.302. The van der Waals surface area contributed by atoms with Crippen LogP contribution in [0.25, 0.3) is 10.8 Å². The van der Waals surface area contributed by atoms with Crippen LogP contribution < -0.4 is 0 Å². The van der Waals surface area contributed by atoms with Crippen LogP contribution in [0.3, 0.4) is 0 Å². The van der Waals surface area contributed by atoms with Crippen LogP contribution in [0.5, 0.6) is 0 Å². The summed E-state index contributed by atoms with van der Waals surface area (Å²) < 4.78 is 13.6. The molecule has 2 aromatic carbocycles. The van der Waals surface area contributed by atoms with Gasteiger partial charge in [0.1, 0.15) is 5.82 Å². The molecule has 0 N–H and O–H groups in total. The van der Waals surface area contributed by atoms with E-state index < -0.39 is 0 Å². The predicted molar refractivity (Wildman–Crippen MR) is 63.0 cm³/mol. The molecule has 2 aromatic rings. The summed E-state index contributed by atoms with van der Waals surface area (Å²) in [7, 11) is 2.92. The molecular weight excluding hydrogens is 221 g/mol. The van der Waals surface area contributed by atoms with Crippen LogP contribution in [0.1, 0.15) is 10.4 Å². The zero-order chi connectivity index (χ0) is 12.4. The van der Waals surface area contributed by atoms with Gasteiger partial charge in [0.15, 0.2) is 0 Å². The van der Waals surface area contributed by atoms with Crippen molar-refractivity contribution in [2.75, 3.05) is 14.2 Å². The van der Waals surface area contributed by atoms with Crippen LogP contribution in [0, 0.1) is 5.82 Å². The molecule has 1 amide bonds. The van der Waals surface area contributed by atoms with Gasteiger partial charge in [0.05, 0.1) is 7.11 Å². The highest BCUT2D eigenvalue weighted by atomic mass is 19.1. The van der Waals surface area contributed by atoms with Gasteiger partial charge >= 0.3 is 0 Å². The largest absolute Gasteiger partial charge is 0.277 e. The lowest BCUT2D eigenvalue weighted by Gasteiger charge is -2.15. The van der Waals surface area contributed by atoms with E-state index in [0.717, 1.165) is 5.06 Å². The first-order chi connectivity index (χ1) is 8.15. The average Bonchev–Trinajstić information content (AvgIpc) is 2.38. The van der Waals surface area contributed by atoms with Crippen LogP contribution in [0.4, 0.5) is 4.39 Å². The molecule has 0 bridgehead atoms. The second-order valence-corrected chi connectivity index (χ2v) is 3.63. The molecule has 0 unspecified atom stereocenters. The van der Waals surface area contributed by atoms with Gasteiger partial charge in [-0.1, -0.05) is 24.3 Å². The van der Waals surface area contributed by atoms with E-state index in [4.69, 9.17) is 4.84 Å². The molecule has 2 rings (SSSR count). The summed E-state index contributed by atoms with van der Waals surface area (Å²) in [5, 5.41) is 2.13. The third-order valence-electron chi connectivity index (χ3n) is 2.66. The average molecular weight is 233 g/mol. The third-order valence-corrected chi connectivity index (χ3v) is 2.66. The summed E-state index contributed by atoms with van der Waals surface area (Å²) >= 11 is 0. The zero-order valence-corrected chi connectivity index (χ0v) is 9.61. The number of benzene rings is 2. The highest BCUT2D eigenvalue weighted by Gasteiger charge is 2.15. The van der Waals surface area contributed by atoms with Crippen molar-refractivity contribution in [3.8, 4) is 0 Å². The van der Waals surface area contributed by atoms with Crippen LogP contribution in [-0.4, -0.2) is 25.1 Å². The number of hydrogen-bond donors (Lipinski definition) is 0. The maximum Gasteiger partial charge on any atom is 0.277 e. The summed E-state index contributed by atoms with van der Waals surface area (Å²) in [5.74, 6) is -0.638. The van der Waals surface area contributed by atoms with E-state index in [9.17, 15) is 9.18 Å². The Balaban J connectivity index is 2.63. The minimum Gasteiger partial charge on any atom is -0.274 e. The number of amides is 1. The molecule has 88 valence electrons. The Bertz CT molecular complexity index is 568. The molecule has 17 heavy (non-hydrogen) atoms. The van der Waals surface area contributed by atoms with Crippen molar-refractivity contribution in [1.29, 1.82) is 0 Å². The molecule has 0 aliphatic carbocycles. The first-order valence-corrected chi connectivity index (χ1v) is 5.14. The van der Waals surface area contributed by atoms with E-state index in [0.29, 0.717) is 16.3 Å². The van der Waals surface area contributed by atoms with Gasteiger partial charge < -0.3 is 0 Å². The SMILES string of the molecule is CON(C)C(=O)c1ccc(F)c2ccccc12. The summed E-state index contributed by atoms with van der Waals surface area (Å²) in [6.45, 7) is 0. The van der Waals surface area contributed by atoms with Crippen LogP contribution in [-0.2, 0) is 4.84 Å². The third kappa shape index (κ3) is 1.99. The van der Waals surface area contributed by atoms with Crippen molar-refractivity contribution in [3.63, 3.8) is 0 Å². The fourth-order valence-electron chi connectivity index (χ4n) is 1.70. The lowest BCUT2D eigenvalue weighted by Crippen LogP contribution is -2.25. The van der Waals surface area contributed by atoms with Gasteiger partial charge in [-0.2, -0.15) is 0 Å². The molecular formula is C13H12FNO2. The molecule has 0 atom stereocenters. The van der Waals surface area contributed by atoms with E-state index in [1.165, 1.54) is 26.3 Å². The summed E-state index contributed by atoms with van der Waals surface area (Å²) in [5.41, 5.74) is 0.423. The highest BCUT2D eigenvalue weighted by molar-refractivity contribution is 6.06. The van der Waals surface area contributed by atoms with Gasteiger partial charge in [0.2, 0.25) is 0 Å². The number of hydroxylamine groups is 2. The number of halogens is 1. The molecule has 0 fully saturated rings. The van der Waals surface area contributed by atoms with Gasteiger partial charge in [-0.3, -0.25) is 9.63 Å². The van der Waals surface area contributed by atoms with Gasteiger partial charge in [-0.25, -0.2) is 9.45 Å². The topological polar surface area (TPSA) is 29.5 Å². The number of carbonyl (C=O) groups excluding carboxylic acids is 1. The predicted octanol–water partition coefficient (Wildman–Crippen LogP) is 2.61. The summed E-state index contributed by atoms with van der Waals surface area (Å²) in [6, 6.07) is 9.63. The first-order valence-electron chi connectivity index (χ1n) is 5.14. The van der Waals surface area contributed by atoms with E-state index in [2.05, 4.69) is 0 Å². The quantitative estimate of drug-likeness (QED) is 0.746. The smallest absolute Gasteiger partial charge is 0.274 e. The minimum atomic E-state index is -0.336. The monoisotopic (exact) mass is 233 g/mol. The van der Waals surface area contributed by atoms with Gasteiger partial charge in [-0.05, 0) is 17.5 Å². The second kappa shape index (κ2) is 4.51. The van der Waals surface area contributed by atoms with Crippen LogP contribution >= 0.6 is 0 Å². The van der Waals surface area contributed by atoms with Crippen LogP contribution in [0.2, 0.25) is 0 Å². The standard InChI is InChI=1S/C13H12FNO2/c1-15(17-2)13(16)11-7-8-12(14)10-6-4-3-5-9(10)11/h3-8H,1-2H3. The molecule has 3 nitrogen and oxygen atoms in total. The summed E-state index contributed by atoms with van der Waals surface area (Å²) in [4.78, 5) is 16.8. The Labute approximate surface area is 98.4 Å². The maximum atomic E-state index is 13.6. The Kier molecular flexibility index (Phi) is 3.06. The number of nitrogens with zero attached hydrogens (tertiary/aromatic N) is 1. The number of hydrogen-bond acceptors (Lipinski definition) is 2. The lowest BCUT2D eigenvalue weighted by atomic mass is 10.0. The van der Waals surface area contributed by atoms with Gasteiger partial charge in [0.25, 0.3) is 5.91 Å². The number of rotatable bonds is 2. The maximum absolute atomic E-state index is 13.6. The highest BCUT2D eigenvalue weighted by Crippen LogP contribution is 2.22. The Morgan fingerprint density at radius 3 is 2.47 bits per heavy atom. The Morgan fingerprint density at radius 1 is 1.18 bits per heavy atom. The molecule has 0 heterocycles. The Morgan fingerprint density at radius 2 is 1.82 bits per heavy atom. The fourth-order valence-corrected chi connectivity index (χ4v) is 1.70. The fraction of sp³-hybridized carbons (Fsp3) is 0.154. The molecule has 0 saturated heterocycles.